The highest BCUT2D eigenvalue weighted by Crippen LogP contribution is 2.36. The van der Waals surface area contributed by atoms with Crippen molar-refractivity contribution >= 4 is 29.3 Å². The quantitative estimate of drug-likeness (QED) is 0.217. The van der Waals surface area contributed by atoms with Crippen LogP contribution in [0.2, 0.25) is 5.02 Å². The Morgan fingerprint density at radius 3 is 2.28 bits per heavy atom. The predicted molar refractivity (Wildman–Crippen MR) is 180 cm³/mol. The lowest BCUT2D eigenvalue weighted by molar-refractivity contribution is -0.163. The van der Waals surface area contributed by atoms with Crippen molar-refractivity contribution in [1.29, 1.82) is 0 Å². The van der Waals surface area contributed by atoms with Crippen LogP contribution in [0, 0.1) is 0 Å². The van der Waals surface area contributed by atoms with E-state index in [1.165, 1.54) is 0 Å². The number of likely N-dealkylation sites (tertiary alicyclic amines) is 1. The summed E-state index contributed by atoms with van der Waals surface area (Å²) in [5.74, 6) is -1.91. The molecule has 0 spiro atoms. The number of hydrogen-bond acceptors (Lipinski definition) is 5. The number of carbonyl (C=O) groups is 3. The van der Waals surface area contributed by atoms with E-state index in [0.29, 0.717) is 23.7 Å². The number of halogens is 1. The van der Waals surface area contributed by atoms with Gasteiger partial charge in [0.05, 0.1) is 6.04 Å². The molecular formula is C38H38ClN3O5. The zero-order valence-electron chi connectivity index (χ0n) is 26.4. The molecule has 2 heterocycles. The van der Waals surface area contributed by atoms with E-state index in [-0.39, 0.29) is 24.4 Å². The molecule has 4 aromatic rings. The Morgan fingerprint density at radius 1 is 0.809 bits per heavy atom. The molecule has 0 radical (unpaired) electrons. The van der Waals surface area contributed by atoms with Crippen LogP contribution in [0.25, 0.3) is 11.1 Å². The number of benzene rings is 4. The lowest BCUT2D eigenvalue weighted by Crippen LogP contribution is -2.49. The molecule has 2 fully saturated rings. The van der Waals surface area contributed by atoms with E-state index in [9.17, 15) is 14.4 Å². The molecule has 242 valence electrons. The number of ether oxygens (including phenoxy) is 2. The second kappa shape index (κ2) is 14.1. The van der Waals surface area contributed by atoms with Gasteiger partial charge in [0.15, 0.2) is 18.0 Å². The molecule has 47 heavy (non-hydrogen) atoms. The normalized spacial score (nSPS) is 20.1. The summed E-state index contributed by atoms with van der Waals surface area (Å²) in [7, 11) is 0. The van der Waals surface area contributed by atoms with Gasteiger partial charge in [0.1, 0.15) is 0 Å². The lowest BCUT2D eigenvalue weighted by Gasteiger charge is -2.28. The summed E-state index contributed by atoms with van der Waals surface area (Å²) in [6.45, 7) is 4.63. The van der Waals surface area contributed by atoms with Crippen molar-refractivity contribution in [3.8, 4) is 11.1 Å². The third kappa shape index (κ3) is 7.57. The fraction of sp³-hybridized carbons (Fsp3) is 0.289. The number of carbonyl (C=O) groups excluding carboxylic acids is 3. The van der Waals surface area contributed by atoms with Crippen molar-refractivity contribution in [2.45, 2.75) is 63.8 Å². The van der Waals surface area contributed by atoms with Crippen LogP contribution < -0.4 is 10.6 Å². The third-order valence-electron chi connectivity index (χ3n) is 8.56. The molecule has 3 amide bonds. The molecule has 9 heteroatoms. The highest BCUT2D eigenvalue weighted by molar-refractivity contribution is 6.30. The number of amides is 3. The van der Waals surface area contributed by atoms with E-state index in [4.69, 9.17) is 21.1 Å². The summed E-state index contributed by atoms with van der Waals surface area (Å²) in [5.41, 5.74) is 5.06. The van der Waals surface area contributed by atoms with Gasteiger partial charge in [-0.1, -0.05) is 96.5 Å². The van der Waals surface area contributed by atoms with Crippen molar-refractivity contribution in [3.05, 3.63) is 130 Å². The van der Waals surface area contributed by atoms with Crippen LogP contribution in [0.4, 0.5) is 0 Å². The van der Waals surface area contributed by atoms with Crippen molar-refractivity contribution in [3.63, 3.8) is 0 Å². The number of nitrogens with zero attached hydrogens (tertiary/aromatic N) is 1. The molecule has 2 aliphatic rings. The molecule has 4 aromatic carbocycles. The Kier molecular flexibility index (Phi) is 9.73. The number of hydrogen-bond donors (Lipinski definition) is 2. The monoisotopic (exact) mass is 651 g/mol. The first-order valence-electron chi connectivity index (χ1n) is 15.9. The van der Waals surface area contributed by atoms with Crippen LogP contribution in [-0.4, -0.2) is 47.2 Å². The van der Waals surface area contributed by atoms with Crippen molar-refractivity contribution in [1.82, 2.24) is 15.5 Å². The van der Waals surface area contributed by atoms with Gasteiger partial charge in [0.2, 0.25) is 0 Å². The topological polar surface area (TPSA) is 97.0 Å². The van der Waals surface area contributed by atoms with Gasteiger partial charge in [0, 0.05) is 30.2 Å². The van der Waals surface area contributed by atoms with Crippen molar-refractivity contribution in [2.24, 2.45) is 0 Å². The first kappa shape index (κ1) is 32.4. The molecule has 2 aliphatic heterocycles. The Balaban J connectivity index is 1.09. The number of rotatable bonds is 9. The van der Waals surface area contributed by atoms with Gasteiger partial charge in [-0.25, -0.2) is 0 Å². The minimum atomic E-state index is -1.08. The highest BCUT2D eigenvalue weighted by Gasteiger charge is 2.51. The second-order valence-electron chi connectivity index (χ2n) is 12.3. The van der Waals surface area contributed by atoms with Gasteiger partial charge in [-0.2, -0.15) is 0 Å². The molecule has 0 saturated carbocycles. The average Bonchev–Trinajstić information content (AvgIpc) is 3.71. The van der Waals surface area contributed by atoms with Gasteiger partial charge in [-0.05, 0) is 72.7 Å². The minimum Gasteiger partial charge on any atom is -0.350 e. The smallest absolute Gasteiger partial charge is 0.255 e. The summed E-state index contributed by atoms with van der Waals surface area (Å²) in [4.78, 5) is 42.2. The zero-order valence-corrected chi connectivity index (χ0v) is 27.2. The summed E-state index contributed by atoms with van der Waals surface area (Å²) in [6, 6.07) is 32.4. The van der Waals surface area contributed by atoms with Crippen LogP contribution in [0.3, 0.4) is 0 Å². The molecule has 2 saturated heterocycles. The molecular weight excluding hydrogens is 614 g/mol. The Morgan fingerprint density at radius 2 is 1.51 bits per heavy atom. The van der Waals surface area contributed by atoms with E-state index in [2.05, 4.69) is 10.6 Å². The maximum absolute atomic E-state index is 13.8. The summed E-state index contributed by atoms with van der Waals surface area (Å²) in [5, 5.41) is 6.53. The molecule has 0 aliphatic carbocycles. The summed E-state index contributed by atoms with van der Waals surface area (Å²) < 4.78 is 12.0. The predicted octanol–water partition coefficient (Wildman–Crippen LogP) is 6.44. The lowest BCUT2D eigenvalue weighted by atomic mass is 9.98. The first-order valence-corrected chi connectivity index (χ1v) is 16.3. The maximum atomic E-state index is 13.8. The van der Waals surface area contributed by atoms with Gasteiger partial charge < -0.3 is 25.0 Å². The van der Waals surface area contributed by atoms with E-state index < -0.39 is 23.9 Å². The average molecular weight is 652 g/mol. The van der Waals surface area contributed by atoms with Crippen LogP contribution in [0.1, 0.15) is 59.8 Å². The standard InChI is InChI=1S/C38H38ClN3O5/c1-38(2)46-33(34(47-38)37(45)42-21-9-16-32(42)28-11-4-3-5-12-28)36(44)41-23-25-17-19-27(20-18-25)30-14-6-7-15-31(30)35(43)40-24-26-10-8-13-29(39)22-26/h3-8,10-15,17-20,22,32-34H,9,16,21,23-24H2,1-2H3,(H,40,43)(H,41,44)/t32?,33?,34-/m1/s1. The Hall–Kier alpha value is -4.50. The minimum absolute atomic E-state index is 0.0580. The van der Waals surface area contributed by atoms with E-state index in [0.717, 1.165) is 40.7 Å². The van der Waals surface area contributed by atoms with Gasteiger partial charge in [-0.3, -0.25) is 14.4 Å². The summed E-state index contributed by atoms with van der Waals surface area (Å²) >= 11 is 6.08. The first-order chi connectivity index (χ1) is 22.7. The fourth-order valence-electron chi connectivity index (χ4n) is 6.30. The maximum Gasteiger partial charge on any atom is 0.255 e. The molecule has 6 rings (SSSR count). The SMILES string of the molecule is CC1(C)OC(C(=O)NCc2ccc(-c3ccccc3C(=O)NCc3cccc(Cl)c3)cc2)[C@H](C(=O)N2CCCC2c2ccccc2)O1. The molecule has 0 aromatic heterocycles. The van der Waals surface area contributed by atoms with Crippen LogP contribution in [0.15, 0.2) is 103 Å². The van der Waals surface area contributed by atoms with E-state index >= 15 is 0 Å². The molecule has 8 nitrogen and oxygen atoms in total. The van der Waals surface area contributed by atoms with E-state index in [1.807, 2.05) is 95.9 Å². The Bertz CT molecular complexity index is 1740. The Labute approximate surface area is 280 Å². The van der Waals surface area contributed by atoms with Crippen LogP contribution in [0.5, 0.6) is 0 Å². The van der Waals surface area contributed by atoms with Gasteiger partial charge in [0.25, 0.3) is 17.7 Å². The molecule has 0 bridgehead atoms. The third-order valence-corrected chi connectivity index (χ3v) is 8.80. The van der Waals surface area contributed by atoms with Gasteiger partial charge >= 0.3 is 0 Å². The second-order valence-corrected chi connectivity index (χ2v) is 12.8. The molecule has 3 atom stereocenters. The van der Waals surface area contributed by atoms with Crippen molar-refractivity contribution in [2.75, 3.05) is 6.54 Å². The van der Waals surface area contributed by atoms with Gasteiger partial charge in [-0.15, -0.1) is 0 Å². The largest absolute Gasteiger partial charge is 0.350 e. The van der Waals surface area contributed by atoms with Crippen LogP contribution in [-0.2, 0) is 32.2 Å². The van der Waals surface area contributed by atoms with E-state index in [1.54, 1.807) is 26.0 Å². The highest BCUT2D eigenvalue weighted by atomic mass is 35.5. The zero-order chi connectivity index (χ0) is 33.0. The fourth-order valence-corrected chi connectivity index (χ4v) is 6.51. The molecule has 2 unspecified atom stereocenters. The summed E-state index contributed by atoms with van der Waals surface area (Å²) in [6.07, 6.45) is -0.380. The van der Waals surface area contributed by atoms with Crippen LogP contribution >= 0.6 is 11.6 Å². The van der Waals surface area contributed by atoms with Crippen molar-refractivity contribution < 1.29 is 23.9 Å². The molecule has 2 N–H and O–H groups in total. The number of nitrogens with one attached hydrogen (secondary N) is 2.